The lowest BCUT2D eigenvalue weighted by molar-refractivity contribution is -0.144. The number of carboxylic acid groups (broad SMARTS) is 1. The molecular formula is C52H80N6O10. The molecule has 16 heteroatoms. The number of rotatable bonds is 16. The fraction of sp³-hybridized carbons (Fsp3) is 0.750. The number of nitrogens with zero attached hydrogens (tertiary/aromatic N) is 4. The highest BCUT2D eigenvalue weighted by Crippen LogP contribution is 2.57. The molecule has 0 aromatic carbocycles. The van der Waals surface area contributed by atoms with Gasteiger partial charge in [-0.25, -0.2) is 9.36 Å². The van der Waals surface area contributed by atoms with E-state index in [1.165, 1.54) is 29.8 Å². The van der Waals surface area contributed by atoms with Gasteiger partial charge in [0.25, 0.3) is 11.8 Å². The number of nitrogens with one attached hydrogen (secondary N) is 2. The van der Waals surface area contributed by atoms with Crippen molar-refractivity contribution >= 4 is 30.2 Å². The molecule has 9 aliphatic rings. The quantitative estimate of drug-likeness (QED) is 0.0999. The maximum atomic E-state index is 13.3. The number of carbonyl (C=O) groups excluding carboxylic acids is 2. The molecule has 8 aliphatic carbocycles. The molecule has 1 aliphatic heterocycles. The monoisotopic (exact) mass is 949 g/mol. The molecule has 9 fully saturated rings. The summed E-state index contributed by atoms with van der Waals surface area (Å²) in [6.45, 7) is 18.1. The highest BCUT2D eigenvalue weighted by molar-refractivity contribution is 5.97. The second-order valence-electron chi connectivity index (χ2n) is 23.5. The Bertz CT molecular complexity index is 2100. The predicted molar refractivity (Wildman–Crippen MR) is 258 cm³/mol. The molecule has 2 amide bonds. The van der Waals surface area contributed by atoms with Gasteiger partial charge in [-0.2, -0.15) is 10.2 Å². The van der Waals surface area contributed by atoms with Gasteiger partial charge in [-0.1, -0.05) is 47.6 Å². The van der Waals surface area contributed by atoms with Crippen molar-refractivity contribution in [2.45, 2.75) is 156 Å². The van der Waals surface area contributed by atoms with Gasteiger partial charge < -0.3 is 45.3 Å². The van der Waals surface area contributed by atoms with Crippen LogP contribution in [-0.4, -0.2) is 114 Å². The van der Waals surface area contributed by atoms with E-state index in [9.17, 15) is 34.8 Å². The van der Waals surface area contributed by atoms with Crippen LogP contribution in [-0.2, 0) is 9.53 Å². The number of carbonyl (C=O) groups is 3. The zero-order chi connectivity index (χ0) is 49.2. The van der Waals surface area contributed by atoms with Gasteiger partial charge in [0.1, 0.15) is 11.1 Å². The van der Waals surface area contributed by atoms with Crippen molar-refractivity contribution in [1.29, 1.82) is 0 Å². The van der Waals surface area contributed by atoms with Gasteiger partial charge in [-0.3, -0.25) is 14.4 Å². The number of amides is 2. The first-order valence-electron chi connectivity index (χ1n) is 25.3. The van der Waals surface area contributed by atoms with Crippen LogP contribution >= 0.6 is 0 Å². The lowest BCUT2D eigenvalue weighted by Crippen LogP contribution is -2.61. The summed E-state index contributed by atoms with van der Waals surface area (Å²) < 4.78 is 19.9. The molecule has 4 atom stereocenters. The summed E-state index contributed by atoms with van der Waals surface area (Å²) in [7, 11) is 0. The third-order valence-corrected chi connectivity index (χ3v) is 15.3. The van der Waals surface area contributed by atoms with Crippen molar-refractivity contribution < 1.29 is 49.0 Å². The van der Waals surface area contributed by atoms with Crippen molar-refractivity contribution in [3.8, 4) is 11.8 Å². The largest absolute Gasteiger partial charge is 0.481 e. The van der Waals surface area contributed by atoms with Crippen molar-refractivity contribution in [3.05, 3.63) is 35.7 Å². The Balaban J connectivity index is 0.000000182. The van der Waals surface area contributed by atoms with E-state index < -0.39 is 28.0 Å². The zero-order valence-electron chi connectivity index (χ0n) is 41.8. The van der Waals surface area contributed by atoms with E-state index in [1.54, 1.807) is 37.1 Å². The average molecular weight is 949 g/mol. The van der Waals surface area contributed by atoms with Gasteiger partial charge >= 0.3 is 5.97 Å². The number of hydrogen-bond donors (Lipinski definition) is 6. The summed E-state index contributed by atoms with van der Waals surface area (Å²) in [5, 5.41) is 55.7. The van der Waals surface area contributed by atoms with Gasteiger partial charge in [0.15, 0.2) is 0 Å². The number of aliphatic hydroxyl groups excluding tert-OH is 1. The molecule has 0 spiro atoms. The summed E-state index contributed by atoms with van der Waals surface area (Å²) in [5.41, 5.74) is -1.77. The number of ether oxygens (including phenoxy) is 3. The van der Waals surface area contributed by atoms with E-state index in [1.807, 2.05) is 33.8 Å². The van der Waals surface area contributed by atoms with E-state index in [4.69, 9.17) is 14.2 Å². The van der Waals surface area contributed by atoms with Gasteiger partial charge in [0.05, 0.1) is 48.8 Å². The molecule has 8 saturated carbocycles. The Hall–Kier alpha value is -4.25. The molecular weight excluding hydrogens is 869 g/mol. The summed E-state index contributed by atoms with van der Waals surface area (Å²) in [6.07, 6.45) is 21.5. The number of hydrogen-bond acceptors (Lipinski definition) is 11. The summed E-state index contributed by atoms with van der Waals surface area (Å²) in [6, 6.07) is 0.164. The maximum Gasteiger partial charge on any atom is 0.312 e. The first kappa shape index (κ1) is 51.6. The van der Waals surface area contributed by atoms with E-state index in [0.717, 1.165) is 77.4 Å². The molecule has 0 radical (unpaired) electrons. The molecule has 11 rings (SSSR count). The Labute approximate surface area is 402 Å². The SMILES string of the molecule is C1CCOC1.CC(C)COc1c(C(=O)NC2C3CC4CC2CC(O)(C4)C3)cnn1/C=C/C(C)(C)C(=O)O.CC(C)COc1c(C(=O)NC2C3CC4CC2CC(O)(C4)C3)cnn1/C=C/C(C)(C)CO. The second kappa shape index (κ2) is 21.0. The lowest BCUT2D eigenvalue weighted by atomic mass is 9.52. The van der Waals surface area contributed by atoms with Crippen LogP contribution in [0.15, 0.2) is 24.5 Å². The van der Waals surface area contributed by atoms with Crippen molar-refractivity contribution in [2.24, 2.45) is 58.2 Å². The van der Waals surface area contributed by atoms with Gasteiger partial charge in [-0.15, -0.1) is 0 Å². The number of aliphatic hydroxyl groups is 3. The van der Waals surface area contributed by atoms with Crippen LogP contribution in [0.25, 0.3) is 12.4 Å². The lowest BCUT2D eigenvalue weighted by Gasteiger charge is -2.58. The van der Waals surface area contributed by atoms with Crippen LogP contribution in [0, 0.1) is 58.2 Å². The van der Waals surface area contributed by atoms with E-state index >= 15 is 0 Å². The Morgan fingerprint density at radius 1 is 0.721 bits per heavy atom. The molecule has 8 bridgehead atoms. The normalized spacial score (nSPS) is 31.2. The molecule has 68 heavy (non-hydrogen) atoms. The fourth-order valence-corrected chi connectivity index (χ4v) is 12.1. The van der Waals surface area contributed by atoms with Crippen LogP contribution in [0.1, 0.15) is 153 Å². The van der Waals surface area contributed by atoms with Crippen molar-refractivity contribution in [3.63, 3.8) is 0 Å². The van der Waals surface area contributed by atoms with E-state index in [-0.39, 0.29) is 36.4 Å². The molecule has 378 valence electrons. The van der Waals surface area contributed by atoms with Crippen molar-refractivity contribution in [1.82, 2.24) is 30.2 Å². The summed E-state index contributed by atoms with van der Waals surface area (Å²) >= 11 is 0. The van der Waals surface area contributed by atoms with E-state index in [0.29, 0.717) is 77.5 Å². The first-order chi connectivity index (χ1) is 32.1. The fourth-order valence-electron chi connectivity index (χ4n) is 12.1. The second-order valence-corrected chi connectivity index (χ2v) is 23.5. The third kappa shape index (κ3) is 12.4. The van der Waals surface area contributed by atoms with Crippen LogP contribution in [0.3, 0.4) is 0 Å². The maximum absolute atomic E-state index is 13.3. The van der Waals surface area contributed by atoms with Crippen LogP contribution < -0.4 is 20.1 Å². The van der Waals surface area contributed by atoms with Crippen LogP contribution in [0.4, 0.5) is 0 Å². The average Bonchev–Trinajstić information content (AvgIpc) is 4.05. The minimum atomic E-state index is -1.08. The molecule has 2 aromatic rings. The summed E-state index contributed by atoms with van der Waals surface area (Å²) in [5.74, 6) is 2.44. The molecule has 2 aromatic heterocycles. The standard InChI is InChI=1S/C24H35N3O5.C24H37N3O4.C4H8O/c1-14(2)13-32-21-18(12-25-27(21)6-5-23(3,4)22(29)30)20(28)26-19-16-7-15-8-17(19)11-24(31,9-15)10-16;1-15(2)13-31-22-19(12-25-27(22)6-5-23(3,4)14-28)21(29)26-20-17-7-16-8-18(20)11-24(30,9-16)10-17;1-2-4-5-3-1/h5-6,12,14-17,19,31H,7-11,13H2,1-4H3,(H,26,28)(H,29,30);5-6,12,15-18,20,28,30H,7-11,13-14H2,1-4H3,(H,26,29);1-4H2/b2*6-5+;. The Kier molecular flexibility index (Phi) is 15.9. The van der Waals surface area contributed by atoms with Crippen molar-refractivity contribution in [2.75, 3.05) is 33.0 Å². The molecule has 1 saturated heterocycles. The number of carboxylic acids is 1. The molecule has 3 heterocycles. The highest BCUT2D eigenvalue weighted by atomic mass is 16.5. The van der Waals surface area contributed by atoms with E-state index in [2.05, 4.69) is 34.7 Å². The molecule has 6 N–H and O–H groups in total. The van der Waals surface area contributed by atoms with Gasteiger partial charge in [-0.05, 0) is 144 Å². The third-order valence-electron chi connectivity index (χ3n) is 15.3. The minimum absolute atomic E-state index is 0.0120. The minimum Gasteiger partial charge on any atom is -0.481 e. The topological polar surface area (TPSA) is 220 Å². The predicted octanol–water partition coefficient (Wildman–Crippen LogP) is 7.04. The smallest absolute Gasteiger partial charge is 0.312 e. The number of aromatic nitrogens is 4. The highest BCUT2D eigenvalue weighted by Gasteiger charge is 2.56. The molecule has 4 unspecified atom stereocenters. The first-order valence-corrected chi connectivity index (χ1v) is 25.3. The van der Waals surface area contributed by atoms with Crippen LogP contribution in [0.5, 0.6) is 11.8 Å². The van der Waals surface area contributed by atoms with Crippen LogP contribution in [0.2, 0.25) is 0 Å². The zero-order valence-corrected chi connectivity index (χ0v) is 41.8. The Morgan fingerprint density at radius 2 is 1.12 bits per heavy atom. The number of aliphatic carboxylic acids is 1. The van der Waals surface area contributed by atoms with Gasteiger partial charge in [0.2, 0.25) is 11.8 Å². The van der Waals surface area contributed by atoms with Gasteiger partial charge in [0, 0.05) is 43.1 Å². The summed E-state index contributed by atoms with van der Waals surface area (Å²) in [4.78, 5) is 38.0. The molecule has 16 nitrogen and oxygen atoms in total. The Morgan fingerprint density at radius 3 is 1.44 bits per heavy atom.